The summed E-state index contributed by atoms with van der Waals surface area (Å²) in [4.78, 5) is 32.5. The van der Waals surface area contributed by atoms with Gasteiger partial charge in [-0.3, -0.25) is 9.79 Å². The zero-order chi connectivity index (χ0) is 27.2. The van der Waals surface area contributed by atoms with Gasteiger partial charge in [0.2, 0.25) is 5.91 Å². The number of methoxy groups -OCH3 is 1. The monoisotopic (exact) mass is 517 g/mol. The molecule has 0 saturated heterocycles. The predicted molar refractivity (Wildman–Crippen MR) is 155 cm³/mol. The molecule has 1 unspecified atom stereocenters. The second kappa shape index (κ2) is 11.9. The summed E-state index contributed by atoms with van der Waals surface area (Å²) in [5, 5.41) is 2.92. The van der Waals surface area contributed by atoms with Gasteiger partial charge in [0.15, 0.2) is 0 Å². The number of anilines is 1. The molecule has 0 bridgehead atoms. The number of ether oxygens (including phenoxy) is 1. The van der Waals surface area contributed by atoms with Gasteiger partial charge in [0.25, 0.3) is 0 Å². The van der Waals surface area contributed by atoms with Gasteiger partial charge in [-0.25, -0.2) is 4.79 Å². The summed E-state index contributed by atoms with van der Waals surface area (Å²) < 4.78 is 4.83. The number of rotatable bonds is 9. The maximum Gasteiger partial charge on any atom is 0.337 e. The predicted octanol–water partition coefficient (Wildman–Crippen LogP) is 6.00. The molecule has 1 aliphatic heterocycles. The van der Waals surface area contributed by atoms with E-state index in [0.717, 1.165) is 36.3 Å². The van der Waals surface area contributed by atoms with Gasteiger partial charge >= 0.3 is 5.97 Å². The fraction of sp³-hybridized carbons (Fsp3) is 0.182. The Morgan fingerprint density at radius 2 is 1.56 bits per heavy atom. The zero-order valence-electron chi connectivity index (χ0n) is 22.1. The Labute approximate surface area is 229 Å². The Hall–Kier alpha value is -4.55. The molecule has 0 fully saturated rings. The Morgan fingerprint density at radius 1 is 0.872 bits per heavy atom. The van der Waals surface area contributed by atoms with Crippen molar-refractivity contribution in [3.63, 3.8) is 0 Å². The normalized spacial score (nSPS) is 14.7. The summed E-state index contributed by atoms with van der Waals surface area (Å²) in [7, 11) is 3.47. The van der Waals surface area contributed by atoms with Crippen molar-refractivity contribution in [2.75, 3.05) is 26.0 Å². The highest BCUT2D eigenvalue weighted by molar-refractivity contribution is 6.24. The Balaban J connectivity index is 1.38. The molecule has 1 amide bonds. The topological polar surface area (TPSA) is 71.0 Å². The number of aliphatic imine (C=N–C) groups is 1. The van der Waals surface area contributed by atoms with Crippen molar-refractivity contribution < 1.29 is 14.3 Å². The van der Waals surface area contributed by atoms with E-state index in [1.165, 1.54) is 18.2 Å². The molecule has 5 rings (SSSR count). The van der Waals surface area contributed by atoms with Gasteiger partial charge in [-0.1, -0.05) is 78.9 Å². The molecule has 6 heteroatoms. The molecule has 1 N–H and O–H groups in total. The Kier molecular flexibility index (Phi) is 7.94. The van der Waals surface area contributed by atoms with E-state index in [9.17, 15) is 9.59 Å². The first-order valence-electron chi connectivity index (χ1n) is 13.0. The van der Waals surface area contributed by atoms with E-state index < -0.39 is 11.9 Å². The van der Waals surface area contributed by atoms with Gasteiger partial charge in [0, 0.05) is 18.8 Å². The lowest BCUT2D eigenvalue weighted by Gasteiger charge is -2.17. The van der Waals surface area contributed by atoms with Crippen molar-refractivity contribution in [2.45, 2.75) is 18.9 Å². The van der Waals surface area contributed by atoms with Crippen molar-refractivity contribution in [2.24, 2.45) is 4.99 Å². The molecule has 0 spiro atoms. The average molecular weight is 518 g/mol. The van der Waals surface area contributed by atoms with Crippen LogP contribution < -0.4 is 5.32 Å². The highest BCUT2D eigenvalue weighted by atomic mass is 16.5. The number of carbonyl (C=O) groups is 2. The summed E-state index contributed by atoms with van der Waals surface area (Å²) in [5.41, 5.74) is 6.61. The van der Waals surface area contributed by atoms with E-state index >= 15 is 0 Å². The van der Waals surface area contributed by atoms with Crippen molar-refractivity contribution in [1.29, 1.82) is 0 Å². The number of nitrogens with zero attached hydrogens (tertiary/aromatic N) is 2. The molecule has 0 aromatic heterocycles. The third kappa shape index (κ3) is 6.13. The summed E-state index contributed by atoms with van der Waals surface area (Å²) in [6.07, 6.45) is 1.01. The van der Waals surface area contributed by atoms with E-state index in [2.05, 4.69) is 53.7 Å². The van der Waals surface area contributed by atoms with Crippen LogP contribution in [-0.4, -0.2) is 43.2 Å². The van der Waals surface area contributed by atoms with Crippen LogP contribution in [0.4, 0.5) is 11.4 Å². The van der Waals surface area contributed by atoms with E-state index in [-0.39, 0.29) is 5.91 Å². The van der Waals surface area contributed by atoms with Crippen LogP contribution in [-0.2, 0) is 22.5 Å². The number of likely N-dealkylation sites (N-methyl/N-ethyl adjacent to an activating group) is 1. The number of nitrogens with one attached hydrogen (secondary N) is 1. The SMILES string of the molecule is COC(=O)c1ccc2c(c1)NC(=O)C2C(=Nc1ccc(CN(C)CCc2ccccc2)cc1)c1ccccc1. The van der Waals surface area contributed by atoms with Crippen LogP contribution in [0.1, 0.15) is 38.5 Å². The minimum Gasteiger partial charge on any atom is -0.465 e. The highest BCUT2D eigenvalue weighted by Crippen LogP contribution is 2.37. The van der Waals surface area contributed by atoms with Crippen molar-refractivity contribution >= 4 is 29.0 Å². The second-order valence-electron chi connectivity index (χ2n) is 9.72. The number of esters is 1. The largest absolute Gasteiger partial charge is 0.465 e. The Morgan fingerprint density at radius 3 is 2.26 bits per heavy atom. The molecule has 0 aliphatic carbocycles. The number of hydrogen-bond donors (Lipinski definition) is 1. The molecule has 1 atom stereocenters. The first-order chi connectivity index (χ1) is 19.0. The molecule has 0 radical (unpaired) electrons. The maximum atomic E-state index is 13.2. The standard InChI is InChI=1S/C33H31N3O3/c1-36(20-19-23-9-5-3-6-10-23)22-24-13-16-27(17-14-24)34-31(25-11-7-4-8-12-25)30-28-18-15-26(33(38)39-2)21-29(28)35-32(30)37/h3-18,21,30H,19-20,22H2,1-2H3,(H,35,37). The lowest BCUT2D eigenvalue weighted by Crippen LogP contribution is -2.22. The lowest BCUT2D eigenvalue weighted by atomic mass is 9.90. The number of amides is 1. The number of hydrogen-bond acceptors (Lipinski definition) is 5. The number of carbonyl (C=O) groups excluding carboxylic acids is 2. The fourth-order valence-corrected chi connectivity index (χ4v) is 4.85. The van der Waals surface area contributed by atoms with Crippen LogP contribution in [0.15, 0.2) is 108 Å². The molecule has 0 saturated carbocycles. The van der Waals surface area contributed by atoms with Crippen molar-refractivity contribution in [1.82, 2.24) is 4.90 Å². The molecule has 4 aromatic carbocycles. The number of benzene rings is 4. The molecule has 6 nitrogen and oxygen atoms in total. The molecule has 196 valence electrons. The molecule has 1 aliphatic rings. The Bertz CT molecular complexity index is 1480. The van der Waals surface area contributed by atoms with Crippen molar-refractivity contribution in [3.05, 3.63) is 131 Å². The minimum absolute atomic E-state index is 0.175. The first-order valence-corrected chi connectivity index (χ1v) is 13.0. The van der Waals surface area contributed by atoms with Crippen LogP contribution in [0.5, 0.6) is 0 Å². The summed E-state index contributed by atoms with van der Waals surface area (Å²) in [6.45, 7) is 1.80. The van der Waals surface area contributed by atoms with Crippen LogP contribution >= 0.6 is 0 Å². The van der Waals surface area contributed by atoms with Gasteiger partial charge in [-0.15, -0.1) is 0 Å². The van der Waals surface area contributed by atoms with Gasteiger partial charge < -0.3 is 15.0 Å². The smallest absolute Gasteiger partial charge is 0.337 e. The second-order valence-corrected chi connectivity index (χ2v) is 9.72. The summed E-state index contributed by atoms with van der Waals surface area (Å²) >= 11 is 0. The van der Waals surface area contributed by atoms with Crippen LogP contribution in [0.3, 0.4) is 0 Å². The third-order valence-corrected chi connectivity index (χ3v) is 6.91. The molecule has 4 aromatic rings. The van der Waals surface area contributed by atoms with Crippen LogP contribution in [0.2, 0.25) is 0 Å². The third-order valence-electron chi connectivity index (χ3n) is 6.91. The molecular formula is C33H31N3O3. The summed E-state index contributed by atoms with van der Waals surface area (Å²) in [6, 6.07) is 33.6. The quantitative estimate of drug-likeness (QED) is 0.218. The number of fused-ring (bicyclic) bond motifs is 1. The van der Waals surface area contributed by atoms with E-state index in [1.54, 1.807) is 18.2 Å². The maximum absolute atomic E-state index is 13.2. The lowest BCUT2D eigenvalue weighted by molar-refractivity contribution is -0.115. The minimum atomic E-state index is -0.599. The van der Waals surface area contributed by atoms with E-state index in [0.29, 0.717) is 17.0 Å². The van der Waals surface area contributed by atoms with E-state index in [4.69, 9.17) is 9.73 Å². The van der Waals surface area contributed by atoms with Crippen LogP contribution in [0, 0.1) is 0 Å². The van der Waals surface area contributed by atoms with Gasteiger partial charge in [-0.2, -0.15) is 0 Å². The molecule has 39 heavy (non-hydrogen) atoms. The van der Waals surface area contributed by atoms with Gasteiger partial charge in [0.1, 0.15) is 5.92 Å². The molecular weight excluding hydrogens is 486 g/mol. The zero-order valence-corrected chi connectivity index (χ0v) is 22.1. The fourth-order valence-electron chi connectivity index (χ4n) is 4.85. The molecule has 1 heterocycles. The average Bonchev–Trinajstić information content (AvgIpc) is 3.30. The van der Waals surface area contributed by atoms with E-state index in [1.807, 2.05) is 48.5 Å². The van der Waals surface area contributed by atoms with Gasteiger partial charge in [-0.05, 0) is 60.0 Å². The highest BCUT2D eigenvalue weighted by Gasteiger charge is 2.36. The first kappa shape index (κ1) is 26.1. The van der Waals surface area contributed by atoms with Crippen LogP contribution in [0.25, 0.3) is 0 Å². The van der Waals surface area contributed by atoms with Gasteiger partial charge in [0.05, 0.1) is 24.1 Å². The van der Waals surface area contributed by atoms with Crippen molar-refractivity contribution in [3.8, 4) is 0 Å². The summed E-state index contributed by atoms with van der Waals surface area (Å²) in [5.74, 6) is -1.22.